The number of nitrogens with zero attached hydrogens (tertiary/aromatic N) is 1. The van der Waals surface area contributed by atoms with Gasteiger partial charge in [0.05, 0.1) is 5.60 Å². The third kappa shape index (κ3) is 2.79. The highest BCUT2D eigenvalue weighted by molar-refractivity contribution is 5.51. The minimum atomic E-state index is -0.483. The molecule has 1 aromatic rings. The maximum absolute atomic E-state index is 9.93. The molecule has 0 radical (unpaired) electrons. The molecule has 0 unspecified atom stereocenters. The molecule has 94 valence electrons. The highest BCUT2D eigenvalue weighted by Gasteiger charge is 2.27. The standard InChI is InChI=1S/C14H22N2O/c1-11-9-13(4-3-12(11)10-15)16-7-5-14(2,17)6-8-16/h3-4,9,17H,5-8,10,15H2,1-2H3. The number of rotatable bonds is 2. The predicted octanol–water partition coefficient (Wildman–Crippen LogP) is 1.80. The Morgan fingerprint density at radius 3 is 2.53 bits per heavy atom. The first-order valence-electron chi connectivity index (χ1n) is 6.29. The largest absolute Gasteiger partial charge is 0.390 e. The van der Waals surface area contributed by atoms with Crippen molar-refractivity contribution in [2.24, 2.45) is 5.73 Å². The van der Waals surface area contributed by atoms with Gasteiger partial charge in [0.15, 0.2) is 0 Å². The van der Waals surface area contributed by atoms with Crippen LogP contribution in [0.15, 0.2) is 18.2 Å². The monoisotopic (exact) mass is 234 g/mol. The van der Waals surface area contributed by atoms with Crippen molar-refractivity contribution in [2.75, 3.05) is 18.0 Å². The first kappa shape index (κ1) is 12.4. The lowest BCUT2D eigenvalue weighted by Crippen LogP contribution is -2.42. The summed E-state index contributed by atoms with van der Waals surface area (Å²) in [6.45, 7) is 6.47. The average molecular weight is 234 g/mol. The summed E-state index contributed by atoms with van der Waals surface area (Å²) in [5.41, 5.74) is 8.89. The van der Waals surface area contributed by atoms with Crippen LogP contribution in [-0.2, 0) is 6.54 Å². The van der Waals surface area contributed by atoms with Crippen LogP contribution in [0.4, 0.5) is 5.69 Å². The fourth-order valence-corrected chi connectivity index (χ4v) is 2.35. The van der Waals surface area contributed by atoms with E-state index in [-0.39, 0.29) is 0 Å². The Hall–Kier alpha value is -1.06. The number of benzene rings is 1. The maximum Gasteiger partial charge on any atom is 0.0653 e. The fourth-order valence-electron chi connectivity index (χ4n) is 2.35. The molecule has 1 heterocycles. The van der Waals surface area contributed by atoms with Gasteiger partial charge in [0.2, 0.25) is 0 Å². The first-order chi connectivity index (χ1) is 8.02. The molecule has 0 aliphatic carbocycles. The van der Waals surface area contributed by atoms with E-state index in [1.54, 1.807) is 0 Å². The van der Waals surface area contributed by atoms with E-state index in [0.717, 1.165) is 25.9 Å². The third-order valence-electron chi connectivity index (χ3n) is 3.75. The van der Waals surface area contributed by atoms with Crippen LogP contribution in [0.5, 0.6) is 0 Å². The molecule has 17 heavy (non-hydrogen) atoms. The summed E-state index contributed by atoms with van der Waals surface area (Å²) < 4.78 is 0. The molecule has 0 aromatic heterocycles. The van der Waals surface area contributed by atoms with Crippen LogP contribution in [0, 0.1) is 6.92 Å². The fraction of sp³-hybridized carbons (Fsp3) is 0.571. The molecular weight excluding hydrogens is 212 g/mol. The van der Waals surface area contributed by atoms with E-state index >= 15 is 0 Å². The number of hydrogen-bond acceptors (Lipinski definition) is 3. The Morgan fingerprint density at radius 1 is 1.35 bits per heavy atom. The quantitative estimate of drug-likeness (QED) is 0.820. The SMILES string of the molecule is Cc1cc(N2CCC(C)(O)CC2)ccc1CN. The lowest BCUT2D eigenvalue weighted by Gasteiger charge is -2.37. The van der Waals surface area contributed by atoms with Gasteiger partial charge in [-0.2, -0.15) is 0 Å². The van der Waals surface area contributed by atoms with E-state index < -0.39 is 5.60 Å². The van der Waals surface area contributed by atoms with Gasteiger partial charge in [0.25, 0.3) is 0 Å². The van der Waals surface area contributed by atoms with E-state index in [9.17, 15) is 5.11 Å². The van der Waals surface area contributed by atoms with Crippen molar-refractivity contribution in [1.82, 2.24) is 0 Å². The maximum atomic E-state index is 9.93. The second-order valence-corrected chi connectivity index (χ2v) is 5.30. The van der Waals surface area contributed by atoms with Crippen molar-refractivity contribution in [3.05, 3.63) is 29.3 Å². The molecule has 1 aliphatic rings. The van der Waals surface area contributed by atoms with Gasteiger partial charge >= 0.3 is 0 Å². The summed E-state index contributed by atoms with van der Waals surface area (Å²) in [6.07, 6.45) is 1.68. The molecule has 3 nitrogen and oxygen atoms in total. The van der Waals surface area contributed by atoms with Gasteiger partial charge in [-0.25, -0.2) is 0 Å². The molecule has 0 saturated carbocycles. The predicted molar refractivity (Wildman–Crippen MR) is 71.1 cm³/mol. The first-order valence-corrected chi connectivity index (χ1v) is 6.29. The van der Waals surface area contributed by atoms with Crippen LogP contribution < -0.4 is 10.6 Å². The van der Waals surface area contributed by atoms with Crippen LogP contribution in [0.3, 0.4) is 0 Å². The normalized spacial score (nSPS) is 19.4. The lowest BCUT2D eigenvalue weighted by atomic mass is 9.93. The van der Waals surface area contributed by atoms with Gasteiger partial charge in [-0.3, -0.25) is 0 Å². The number of piperidine rings is 1. The summed E-state index contributed by atoms with van der Waals surface area (Å²) in [5, 5.41) is 9.93. The zero-order valence-corrected chi connectivity index (χ0v) is 10.7. The lowest BCUT2D eigenvalue weighted by molar-refractivity contribution is 0.0351. The van der Waals surface area contributed by atoms with Gasteiger partial charge in [-0.15, -0.1) is 0 Å². The highest BCUT2D eigenvalue weighted by Crippen LogP contribution is 2.27. The number of anilines is 1. The zero-order chi connectivity index (χ0) is 12.5. The van der Waals surface area contributed by atoms with Gasteiger partial charge in [0.1, 0.15) is 0 Å². The Kier molecular flexibility index (Phi) is 3.40. The topological polar surface area (TPSA) is 49.5 Å². The second kappa shape index (κ2) is 4.67. The molecule has 3 N–H and O–H groups in total. The molecular formula is C14H22N2O. The second-order valence-electron chi connectivity index (χ2n) is 5.30. The van der Waals surface area contributed by atoms with Crippen LogP contribution in [0.2, 0.25) is 0 Å². The van der Waals surface area contributed by atoms with Crippen molar-refractivity contribution in [3.8, 4) is 0 Å². The summed E-state index contributed by atoms with van der Waals surface area (Å²) in [5.74, 6) is 0. The van der Waals surface area contributed by atoms with Crippen LogP contribution in [-0.4, -0.2) is 23.8 Å². The summed E-state index contributed by atoms with van der Waals surface area (Å²) in [6, 6.07) is 6.44. The van der Waals surface area contributed by atoms with Crippen molar-refractivity contribution >= 4 is 5.69 Å². The number of nitrogens with two attached hydrogens (primary N) is 1. The number of aliphatic hydroxyl groups is 1. The van der Waals surface area contributed by atoms with Gasteiger partial charge in [0, 0.05) is 25.3 Å². The zero-order valence-electron chi connectivity index (χ0n) is 10.7. The van der Waals surface area contributed by atoms with Crippen LogP contribution in [0.25, 0.3) is 0 Å². The molecule has 1 fully saturated rings. The smallest absolute Gasteiger partial charge is 0.0653 e. The molecule has 1 saturated heterocycles. The van der Waals surface area contributed by atoms with E-state index in [2.05, 4.69) is 30.0 Å². The van der Waals surface area contributed by atoms with Crippen molar-refractivity contribution in [2.45, 2.75) is 38.8 Å². The van der Waals surface area contributed by atoms with E-state index in [1.165, 1.54) is 16.8 Å². The highest BCUT2D eigenvalue weighted by atomic mass is 16.3. The number of hydrogen-bond donors (Lipinski definition) is 2. The van der Waals surface area contributed by atoms with Gasteiger partial charge in [-0.05, 0) is 49.9 Å². The molecule has 1 aliphatic heterocycles. The van der Waals surface area contributed by atoms with Crippen molar-refractivity contribution in [3.63, 3.8) is 0 Å². The minimum absolute atomic E-state index is 0.483. The number of aryl methyl sites for hydroxylation is 1. The average Bonchev–Trinajstić information content (AvgIpc) is 2.29. The molecule has 0 bridgehead atoms. The Morgan fingerprint density at radius 2 is 2.00 bits per heavy atom. The van der Waals surface area contributed by atoms with E-state index in [0.29, 0.717) is 6.54 Å². The third-order valence-corrected chi connectivity index (χ3v) is 3.75. The summed E-state index contributed by atoms with van der Waals surface area (Å²) in [7, 11) is 0. The molecule has 3 heteroatoms. The van der Waals surface area contributed by atoms with Crippen LogP contribution in [0.1, 0.15) is 30.9 Å². The molecule has 0 amide bonds. The summed E-state index contributed by atoms with van der Waals surface area (Å²) in [4.78, 5) is 2.34. The Labute approximate surface area is 103 Å². The molecule has 2 rings (SSSR count). The van der Waals surface area contributed by atoms with Crippen molar-refractivity contribution < 1.29 is 5.11 Å². The van der Waals surface area contributed by atoms with Gasteiger partial charge in [-0.1, -0.05) is 6.07 Å². The Bertz CT molecular complexity index is 391. The van der Waals surface area contributed by atoms with E-state index in [4.69, 9.17) is 5.73 Å². The van der Waals surface area contributed by atoms with E-state index in [1.807, 2.05) is 6.92 Å². The van der Waals surface area contributed by atoms with Crippen molar-refractivity contribution in [1.29, 1.82) is 0 Å². The van der Waals surface area contributed by atoms with Crippen LogP contribution >= 0.6 is 0 Å². The Balaban J connectivity index is 2.11. The van der Waals surface area contributed by atoms with Gasteiger partial charge < -0.3 is 15.7 Å². The molecule has 1 aromatic carbocycles. The molecule has 0 atom stereocenters. The molecule has 0 spiro atoms. The minimum Gasteiger partial charge on any atom is -0.390 e. The summed E-state index contributed by atoms with van der Waals surface area (Å²) >= 11 is 0.